The lowest BCUT2D eigenvalue weighted by Crippen LogP contribution is -2.26. The quantitative estimate of drug-likeness (QED) is 0.786. The van der Waals surface area contributed by atoms with Gasteiger partial charge in [-0.25, -0.2) is 4.98 Å². The zero-order valence-electron chi connectivity index (χ0n) is 12.5. The van der Waals surface area contributed by atoms with Crippen LogP contribution in [0.15, 0.2) is 59.4 Å². The number of rotatable bonds is 5. The highest BCUT2D eigenvalue weighted by Crippen LogP contribution is 2.13. The molecule has 0 aliphatic carbocycles. The van der Waals surface area contributed by atoms with Crippen molar-refractivity contribution >= 4 is 17.0 Å². The van der Waals surface area contributed by atoms with Gasteiger partial charge in [0.1, 0.15) is 5.69 Å². The number of hydrogen-bond acceptors (Lipinski definition) is 3. The summed E-state index contributed by atoms with van der Waals surface area (Å²) >= 11 is 0. The van der Waals surface area contributed by atoms with Crippen molar-refractivity contribution in [2.45, 2.75) is 19.4 Å². The van der Waals surface area contributed by atoms with E-state index < -0.39 is 5.97 Å². The third-order valence-electron chi connectivity index (χ3n) is 3.68. The molecule has 0 radical (unpaired) electrons. The van der Waals surface area contributed by atoms with Gasteiger partial charge < -0.3 is 9.67 Å². The van der Waals surface area contributed by atoms with Gasteiger partial charge in [0.2, 0.25) is 0 Å². The average Bonchev–Trinajstić information content (AvgIpc) is 2.57. The largest absolute Gasteiger partial charge is 0.481 e. The maximum Gasteiger partial charge on any atom is 0.303 e. The maximum absolute atomic E-state index is 12.7. The Morgan fingerprint density at radius 3 is 2.48 bits per heavy atom. The monoisotopic (exact) mass is 308 g/mol. The zero-order valence-corrected chi connectivity index (χ0v) is 12.5. The van der Waals surface area contributed by atoms with E-state index in [1.807, 2.05) is 54.6 Å². The lowest BCUT2D eigenvalue weighted by atomic mass is 10.2. The van der Waals surface area contributed by atoms with Crippen molar-refractivity contribution in [2.24, 2.45) is 0 Å². The van der Waals surface area contributed by atoms with E-state index in [9.17, 15) is 9.59 Å². The SMILES string of the molecule is O=C(O)CCc1nc2ccccc2n(Cc2ccccc2)c1=O. The van der Waals surface area contributed by atoms with Gasteiger partial charge >= 0.3 is 5.97 Å². The molecule has 3 aromatic rings. The topological polar surface area (TPSA) is 72.2 Å². The highest BCUT2D eigenvalue weighted by molar-refractivity contribution is 5.75. The number of benzene rings is 2. The van der Waals surface area contributed by atoms with Crippen molar-refractivity contribution in [2.75, 3.05) is 0 Å². The molecule has 0 saturated carbocycles. The normalized spacial score (nSPS) is 10.8. The molecule has 5 nitrogen and oxygen atoms in total. The zero-order chi connectivity index (χ0) is 16.2. The third-order valence-corrected chi connectivity index (χ3v) is 3.68. The highest BCUT2D eigenvalue weighted by Gasteiger charge is 2.12. The van der Waals surface area contributed by atoms with Crippen LogP contribution in [-0.4, -0.2) is 20.6 Å². The summed E-state index contributed by atoms with van der Waals surface area (Å²) in [6.45, 7) is 0.433. The predicted molar refractivity (Wildman–Crippen MR) is 87.5 cm³/mol. The molecular formula is C18H16N2O3. The summed E-state index contributed by atoms with van der Waals surface area (Å²) in [5, 5.41) is 8.85. The Labute approximate surface area is 132 Å². The summed E-state index contributed by atoms with van der Waals surface area (Å²) in [5.41, 5.74) is 2.52. The van der Waals surface area contributed by atoms with E-state index in [0.717, 1.165) is 11.1 Å². The molecule has 0 aliphatic rings. The summed E-state index contributed by atoms with van der Waals surface area (Å²) in [6.07, 6.45) is 0.0275. The Balaban J connectivity index is 2.11. The second-order valence-electron chi connectivity index (χ2n) is 5.32. The highest BCUT2D eigenvalue weighted by atomic mass is 16.4. The molecule has 0 bridgehead atoms. The van der Waals surface area contributed by atoms with Gasteiger partial charge in [-0.05, 0) is 17.7 Å². The smallest absolute Gasteiger partial charge is 0.303 e. The molecule has 2 aromatic carbocycles. The number of aryl methyl sites for hydroxylation is 1. The van der Waals surface area contributed by atoms with Gasteiger partial charge in [0, 0.05) is 6.42 Å². The molecule has 116 valence electrons. The van der Waals surface area contributed by atoms with Crippen LogP contribution in [0.25, 0.3) is 11.0 Å². The first-order valence-corrected chi connectivity index (χ1v) is 7.39. The molecule has 1 N–H and O–H groups in total. The fourth-order valence-electron chi connectivity index (χ4n) is 2.56. The first-order chi connectivity index (χ1) is 11.1. The minimum Gasteiger partial charge on any atom is -0.481 e. The first-order valence-electron chi connectivity index (χ1n) is 7.39. The van der Waals surface area contributed by atoms with Gasteiger partial charge in [-0.2, -0.15) is 0 Å². The van der Waals surface area contributed by atoms with Crippen LogP contribution in [0.4, 0.5) is 0 Å². The number of carboxylic acid groups (broad SMARTS) is 1. The fourth-order valence-corrected chi connectivity index (χ4v) is 2.56. The van der Waals surface area contributed by atoms with Crippen molar-refractivity contribution in [1.29, 1.82) is 0 Å². The molecule has 1 aromatic heterocycles. The van der Waals surface area contributed by atoms with Crippen molar-refractivity contribution in [3.8, 4) is 0 Å². The number of aromatic nitrogens is 2. The number of nitrogens with zero attached hydrogens (tertiary/aromatic N) is 2. The van der Waals surface area contributed by atoms with E-state index in [1.165, 1.54) is 0 Å². The summed E-state index contributed by atoms with van der Waals surface area (Å²) in [7, 11) is 0. The van der Waals surface area contributed by atoms with Crippen molar-refractivity contribution in [3.63, 3.8) is 0 Å². The van der Waals surface area contributed by atoms with E-state index in [0.29, 0.717) is 17.8 Å². The molecule has 5 heteroatoms. The second kappa shape index (κ2) is 6.44. The van der Waals surface area contributed by atoms with Crippen molar-refractivity contribution < 1.29 is 9.90 Å². The molecule has 23 heavy (non-hydrogen) atoms. The predicted octanol–water partition coefficient (Wildman–Crippen LogP) is 2.46. The van der Waals surface area contributed by atoms with E-state index in [4.69, 9.17) is 5.11 Å². The lowest BCUT2D eigenvalue weighted by Gasteiger charge is -2.12. The Kier molecular flexibility index (Phi) is 4.19. The lowest BCUT2D eigenvalue weighted by molar-refractivity contribution is -0.136. The van der Waals surface area contributed by atoms with Crippen LogP contribution in [0.5, 0.6) is 0 Å². The van der Waals surface area contributed by atoms with Gasteiger partial charge in [-0.1, -0.05) is 42.5 Å². The molecule has 0 saturated heterocycles. The molecule has 0 amide bonds. The van der Waals surface area contributed by atoms with Gasteiger partial charge in [0.25, 0.3) is 5.56 Å². The van der Waals surface area contributed by atoms with Gasteiger partial charge in [-0.15, -0.1) is 0 Å². The minimum absolute atomic E-state index is 0.105. The summed E-state index contributed by atoms with van der Waals surface area (Å²) < 4.78 is 1.66. The molecule has 0 aliphatic heterocycles. The second-order valence-corrected chi connectivity index (χ2v) is 5.32. The number of hydrogen-bond donors (Lipinski definition) is 1. The minimum atomic E-state index is -0.936. The Hall–Kier alpha value is -2.95. The molecule has 1 heterocycles. The van der Waals surface area contributed by atoms with Crippen LogP contribution in [-0.2, 0) is 17.8 Å². The standard InChI is InChI=1S/C18H16N2O3/c21-17(22)11-10-15-18(23)20(12-13-6-2-1-3-7-13)16-9-5-4-8-14(16)19-15/h1-9H,10-12H2,(H,21,22). The average molecular weight is 308 g/mol. The number of aliphatic carboxylic acids is 1. The molecule has 0 unspecified atom stereocenters. The van der Waals surface area contributed by atoms with E-state index in [1.54, 1.807) is 4.57 Å². The van der Waals surface area contributed by atoms with Crippen LogP contribution in [0.3, 0.4) is 0 Å². The van der Waals surface area contributed by atoms with Gasteiger partial charge in [-0.3, -0.25) is 9.59 Å². The fraction of sp³-hybridized carbons (Fsp3) is 0.167. The van der Waals surface area contributed by atoms with E-state index >= 15 is 0 Å². The Morgan fingerprint density at radius 1 is 1.04 bits per heavy atom. The van der Waals surface area contributed by atoms with E-state index in [-0.39, 0.29) is 18.4 Å². The van der Waals surface area contributed by atoms with Gasteiger partial charge in [0.05, 0.1) is 24.0 Å². The Morgan fingerprint density at radius 2 is 1.74 bits per heavy atom. The van der Waals surface area contributed by atoms with Crippen LogP contribution < -0.4 is 5.56 Å². The number of para-hydroxylation sites is 2. The van der Waals surface area contributed by atoms with Crippen molar-refractivity contribution in [1.82, 2.24) is 9.55 Å². The van der Waals surface area contributed by atoms with Crippen LogP contribution in [0.1, 0.15) is 17.7 Å². The molecule has 3 rings (SSSR count). The van der Waals surface area contributed by atoms with Crippen LogP contribution >= 0.6 is 0 Å². The van der Waals surface area contributed by atoms with Crippen molar-refractivity contribution in [3.05, 3.63) is 76.2 Å². The third kappa shape index (κ3) is 3.29. The molecular weight excluding hydrogens is 292 g/mol. The summed E-state index contributed by atoms with van der Waals surface area (Å²) in [6, 6.07) is 17.1. The molecule has 0 atom stereocenters. The summed E-state index contributed by atoms with van der Waals surface area (Å²) in [5.74, 6) is -0.936. The maximum atomic E-state index is 12.7. The van der Waals surface area contributed by atoms with E-state index in [2.05, 4.69) is 4.98 Å². The first kappa shape index (κ1) is 15.0. The molecule has 0 fully saturated rings. The number of carboxylic acids is 1. The van der Waals surface area contributed by atoms with Crippen LogP contribution in [0, 0.1) is 0 Å². The molecule has 0 spiro atoms. The number of fused-ring (bicyclic) bond motifs is 1. The van der Waals surface area contributed by atoms with Gasteiger partial charge in [0.15, 0.2) is 0 Å². The Bertz CT molecular complexity index is 901. The van der Waals surface area contributed by atoms with Crippen LogP contribution in [0.2, 0.25) is 0 Å². The summed E-state index contributed by atoms with van der Waals surface area (Å²) in [4.78, 5) is 27.8. The number of carbonyl (C=O) groups is 1.